The van der Waals surface area contributed by atoms with E-state index in [0.29, 0.717) is 17.3 Å². The smallest absolute Gasteiger partial charge is 0.243 e. The van der Waals surface area contributed by atoms with Gasteiger partial charge in [0.15, 0.2) is 0 Å². The highest BCUT2D eigenvalue weighted by Gasteiger charge is 2.15. The largest absolute Gasteiger partial charge is 0.337 e. The lowest BCUT2D eigenvalue weighted by atomic mass is 10.1. The van der Waals surface area contributed by atoms with Crippen molar-refractivity contribution in [3.05, 3.63) is 36.0 Å². The van der Waals surface area contributed by atoms with E-state index in [-0.39, 0.29) is 11.9 Å². The summed E-state index contributed by atoms with van der Waals surface area (Å²) in [4.78, 5) is 4.20. The first-order valence-electron chi connectivity index (χ1n) is 6.06. The van der Waals surface area contributed by atoms with Crippen molar-refractivity contribution in [1.29, 1.82) is 0 Å². The summed E-state index contributed by atoms with van der Waals surface area (Å²) in [6, 6.07) is 5.83. The van der Waals surface area contributed by atoms with Crippen molar-refractivity contribution in [1.82, 2.24) is 10.1 Å². The van der Waals surface area contributed by atoms with E-state index in [4.69, 9.17) is 10.3 Å². The molecule has 2 rings (SSSR count). The van der Waals surface area contributed by atoms with Crippen LogP contribution in [0.15, 0.2) is 28.8 Å². The summed E-state index contributed by atoms with van der Waals surface area (Å²) in [5, 5.41) is 3.82. The number of aromatic nitrogens is 2. The van der Waals surface area contributed by atoms with Gasteiger partial charge in [-0.15, -0.1) is 0 Å². The van der Waals surface area contributed by atoms with Gasteiger partial charge in [-0.25, -0.2) is 4.39 Å². The molecule has 0 saturated heterocycles. The molecule has 2 aromatic rings. The molecule has 18 heavy (non-hydrogen) atoms. The van der Waals surface area contributed by atoms with Gasteiger partial charge >= 0.3 is 0 Å². The van der Waals surface area contributed by atoms with Crippen LogP contribution in [0.4, 0.5) is 4.39 Å². The molecular weight excluding hydrogens is 233 g/mol. The van der Waals surface area contributed by atoms with E-state index >= 15 is 0 Å². The minimum absolute atomic E-state index is 0.250. The van der Waals surface area contributed by atoms with Gasteiger partial charge in [0, 0.05) is 5.56 Å². The topological polar surface area (TPSA) is 64.9 Å². The number of nitrogens with zero attached hydrogens (tertiary/aromatic N) is 2. The maximum atomic E-state index is 13.1. The van der Waals surface area contributed by atoms with Gasteiger partial charge in [-0.05, 0) is 18.6 Å². The number of rotatable bonds is 5. The molecule has 1 unspecified atom stereocenters. The van der Waals surface area contributed by atoms with E-state index in [1.807, 2.05) is 0 Å². The minimum Gasteiger partial charge on any atom is -0.337 e. The molecule has 0 aliphatic heterocycles. The van der Waals surface area contributed by atoms with Crippen molar-refractivity contribution in [2.45, 2.75) is 32.2 Å². The van der Waals surface area contributed by atoms with Crippen LogP contribution in [0.3, 0.4) is 0 Å². The molecule has 1 heterocycles. The molecule has 1 aromatic heterocycles. The lowest BCUT2D eigenvalue weighted by Gasteiger charge is -2.03. The summed E-state index contributed by atoms with van der Waals surface area (Å²) in [7, 11) is 0. The van der Waals surface area contributed by atoms with Gasteiger partial charge in [-0.1, -0.05) is 37.1 Å². The fraction of sp³-hybridized carbons (Fsp3) is 0.385. The lowest BCUT2D eigenvalue weighted by Crippen LogP contribution is -2.10. The van der Waals surface area contributed by atoms with E-state index < -0.39 is 0 Å². The predicted octanol–water partition coefficient (Wildman–Crippen LogP) is 3.07. The Labute approximate surface area is 105 Å². The number of hydrogen-bond donors (Lipinski definition) is 1. The van der Waals surface area contributed by atoms with Crippen molar-refractivity contribution >= 4 is 0 Å². The first-order chi connectivity index (χ1) is 8.70. The Balaban J connectivity index is 2.15. The van der Waals surface area contributed by atoms with E-state index in [2.05, 4.69) is 17.1 Å². The minimum atomic E-state index is -0.325. The maximum absolute atomic E-state index is 13.1. The van der Waals surface area contributed by atoms with Crippen molar-refractivity contribution < 1.29 is 8.91 Å². The standard InChI is InChI=1S/C13H16FN3O/c1-2-3-7-11(15)13-16-12(17-18-13)9-5-4-6-10(14)8-9/h4-6,8,11H,2-3,7,15H2,1H3. The number of nitrogens with two attached hydrogens (primary N) is 1. The Morgan fingerprint density at radius 2 is 2.28 bits per heavy atom. The third kappa shape index (κ3) is 2.92. The molecular formula is C13H16FN3O. The highest BCUT2D eigenvalue weighted by atomic mass is 19.1. The maximum Gasteiger partial charge on any atom is 0.243 e. The van der Waals surface area contributed by atoms with Crippen molar-refractivity contribution in [2.75, 3.05) is 0 Å². The van der Waals surface area contributed by atoms with Gasteiger partial charge in [0.25, 0.3) is 0 Å². The lowest BCUT2D eigenvalue weighted by molar-refractivity contribution is 0.346. The first-order valence-corrected chi connectivity index (χ1v) is 6.06. The van der Waals surface area contributed by atoms with Crippen LogP contribution in [-0.4, -0.2) is 10.1 Å². The molecule has 0 amide bonds. The average Bonchev–Trinajstić information content (AvgIpc) is 2.85. The zero-order valence-electron chi connectivity index (χ0n) is 10.3. The van der Waals surface area contributed by atoms with Gasteiger partial charge in [-0.2, -0.15) is 4.98 Å². The second-order valence-corrected chi connectivity index (χ2v) is 4.22. The highest BCUT2D eigenvalue weighted by Crippen LogP contribution is 2.20. The van der Waals surface area contributed by atoms with E-state index in [9.17, 15) is 4.39 Å². The van der Waals surface area contributed by atoms with Crippen LogP contribution in [0.5, 0.6) is 0 Å². The molecule has 0 fully saturated rings. The van der Waals surface area contributed by atoms with Gasteiger partial charge in [0.1, 0.15) is 5.82 Å². The van der Waals surface area contributed by atoms with Crippen LogP contribution >= 0.6 is 0 Å². The number of hydrogen-bond acceptors (Lipinski definition) is 4. The Hall–Kier alpha value is -1.75. The molecule has 0 radical (unpaired) electrons. The molecule has 0 aliphatic carbocycles. The van der Waals surface area contributed by atoms with E-state index in [1.54, 1.807) is 12.1 Å². The molecule has 1 atom stereocenters. The molecule has 2 N–H and O–H groups in total. The molecule has 0 aliphatic rings. The zero-order valence-corrected chi connectivity index (χ0v) is 10.3. The van der Waals surface area contributed by atoms with Gasteiger partial charge in [0.2, 0.25) is 11.7 Å². The predicted molar refractivity (Wildman–Crippen MR) is 66.1 cm³/mol. The summed E-state index contributed by atoms with van der Waals surface area (Å²) in [5.41, 5.74) is 6.52. The number of benzene rings is 1. The van der Waals surface area contributed by atoms with Crippen LogP contribution in [0.2, 0.25) is 0 Å². The summed E-state index contributed by atoms with van der Waals surface area (Å²) in [6.07, 6.45) is 2.89. The SMILES string of the molecule is CCCCC(N)c1nc(-c2cccc(F)c2)no1. The summed E-state index contributed by atoms with van der Waals surface area (Å²) >= 11 is 0. The van der Waals surface area contributed by atoms with Crippen molar-refractivity contribution in [2.24, 2.45) is 5.73 Å². The first kappa shape index (κ1) is 12.7. The zero-order chi connectivity index (χ0) is 13.0. The van der Waals surface area contributed by atoms with Crippen molar-refractivity contribution in [3.63, 3.8) is 0 Å². The number of unbranched alkanes of at least 4 members (excludes halogenated alkanes) is 1. The Kier molecular flexibility index (Phi) is 4.04. The Morgan fingerprint density at radius 1 is 1.44 bits per heavy atom. The second kappa shape index (κ2) is 5.73. The molecule has 96 valence electrons. The van der Waals surface area contributed by atoms with Crippen LogP contribution in [0, 0.1) is 5.82 Å². The fourth-order valence-corrected chi connectivity index (χ4v) is 1.68. The normalized spacial score (nSPS) is 12.6. The summed E-state index contributed by atoms with van der Waals surface area (Å²) in [6.45, 7) is 2.10. The molecule has 0 spiro atoms. The van der Waals surface area contributed by atoms with Crippen LogP contribution < -0.4 is 5.73 Å². The Morgan fingerprint density at radius 3 is 3.00 bits per heavy atom. The molecule has 5 heteroatoms. The van der Waals surface area contributed by atoms with Gasteiger partial charge in [0.05, 0.1) is 6.04 Å². The van der Waals surface area contributed by atoms with E-state index in [1.165, 1.54) is 12.1 Å². The van der Waals surface area contributed by atoms with Gasteiger partial charge < -0.3 is 10.3 Å². The third-order valence-corrected chi connectivity index (χ3v) is 2.71. The average molecular weight is 249 g/mol. The monoisotopic (exact) mass is 249 g/mol. The third-order valence-electron chi connectivity index (χ3n) is 2.71. The van der Waals surface area contributed by atoms with Crippen molar-refractivity contribution in [3.8, 4) is 11.4 Å². The number of halogens is 1. The fourth-order valence-electron chi connectivity index (χ4n) is 1.68. The van der Waals surface area contributed by atoms with Crippen LogP contribution in [0.1, 0.15) is 38.1 Å². The second-order valence-electron chi connectivity index (χ2n) is 4.22. The highest BCUT2D eigenvalue weighted by molar-refractivity contribution is 5.53. The molecule has 0 saturated carbocycles. The quantitative estimate of drug-likeness (QED) is 0.884. The molecule has 4 nitrogen and oxygen atoms in total. The van der Waals surface area contributed by atoms with Crippen LogP contribution in [0.25, 0.3) is 11.4 Å². The molecule has 0 bridgehead atoms. The Bertz CT molecular complexity index is 512. The van der Waals surface area contributed by atoms with E-state index in [0.717, 1.165) is 19.3 Å². The summed E-state index contributed by atoms with van der Waals surface area (Å²) < 4.78 is 18.2. The summed E-state index contributed by atoms with van der Waals surface area (Å²) in [5.74, 6) is 0.452. The van der Waals surface area contributed by atoms with Gasteiger partial charge in [-0.3, -0.25) is 0 Å². The molecule has 1 aromatic carbocycles. The van der Waals surface area contributed by atoms with Crippen LogP contribution in [-0.2, 0) is 0 Å².